The molecule has 1 N–H and O–H groups in total. The maximum absolute atomic E-state index is 14.6. The van der Waals surface area contributed by atoms with E-state index in [9.17, 15) is 13.2 Å². The first-order chi connectivity index (χ1) is 23.7. The maximum atomic E-state index is 14.6. The van der Waals surface area contributed by atoms with Crippen molar-refractivity contribution in [1.82, 2.24) is 24.8 Å². The number of fused-ring (bicyclic) bond motifs is 4. The van der Waals surface area contributed by atoms with Gasteiger partial charge < -0.3 is 14.5 Å². The number of sulfonamides is 1. The molecule has 0 radical (unpaired) electrons. The van der Waals surface area contributed by atoms with E-state index in [1.807, 2.05) is 32.0 Å². The second-order valence-corrected chi connectivity index (χ2v) is 16.5. The predicted octanol–water partition coefficient (Wildman–Crippen LogP) is 6.96. The predicted molar refractivity (Wildman–Crippen MR) is 195 cm³/mol. The van der Waals surface area contributed by atoms with E-state index in [-0.39, 0.29) is 46.8 Å². The molecule has 12 heteroatoms. The van der Waals surface area contributed by atoms with Gasteiger partial charge in [0.2, 0.25) is 11.8 Å². The molecule has 0 unspecified atom stereocenters. The van der Waals surface area contributed by atoms with Crippen molar-refractivity contribution >= 4 is 27.7 Å². The van der Waals surface area contributed by atoms with Gasteiger partial charge in [-0.1, -0.05) is 45.0 Å². The van der Waals surface area contributed by atoms with Crippen LogP contribution in [0.4, 0.5) is 11.8 Å². The summed E-state index contributed by atoms with van der Waals surface area (Å²) in [6, 6.07) is 14.0. The van der Waals surface area contributed by atoms with Gasteiger partial charge in [-0.15, -0.1) is 0 Å². The fourth-order valence-corrected chi connectivity index (χ4v) is 7.92. The molecule has 3 atom stereocenters. The zero-order chi connectivity index (χ0) is 35.8. The summed E-state index contributed by atoms with van der Waals surface area (Å²) in [7, 11) is -4.18. The van der Waals surface area contributed by atoms with Crippen LogP contribution in [0.3, 0.4) is 0 Å². The lowest BCUT2D eigenvalue weighted by Crippen LogP contribution is -2.44. The smallest absolute Gasteiger partial charge is 0.264 e. The quantitative estimate of drug-likeness (QED) is 0.227. The molecule has 0 aliphatic carbocycles. The number of ether oxygens (including phenoxy) is 1. The maximum Gasteiger partial charge on any atom is 0.264 e. The monoisotopic (exact) mass is 697 g/mol. The van der Waals surface area contributed by atoms with Crippen LogP contribution in [-0.2, 0) is 16.6 Å². The van der Waals surface area contributed by atoms with E-state index in [0.717, 1.165) is 41.8 Å². The van der Waals surface area contributed by atoms with E-state index in [0.29, 0.717) is 29.9 Å². The summed E-state index contributed by atoms with van der Waals surface area (Å²) in [5.41, 5.74) is 4.22. The van der Waals surface area contributed by atoms with Gasteiger partial charge in [0.1, 0.15) is 12.4 Å². The Morgan fingerprint density at radius 1 is 0.940 bits per heavy atom. The number of hydrogen-bond acceptors (Lipinski definition) is 9. The Labute approximate surface area is 295 Å². The summed E-state index contributed by atoms with van der Waals surface area (Å²) in [4.78, 5) is 37.2. The lowest BCUT2D eigenvalue weighted by molar-refractivity contribution is 0.0549. The van der Waals surface area contributed by atoms with Crippen molar-refractivity contribution < 1.29 is 17.9 Å². The molecule has 50 heavy (non-hydrogen) atoms. The Hall–Kier alpha value is -4.58. The summed E-state index contributed by atoms with van der Waals surface area (Å²) >= 11 is 0. The number of benzene rings is 2. The molecule has 1 fully saturated rings. The van der Waals surface area contributed by atoms with Crippen LogP contribution in [0.25, 0.3) is 11.3 Å². The molecule has 4 aromatic rings. The zero-order valence-corrected chi connectivity index (χ0v) is 30.8. The largest absolute Gasteiger partial charge is 0.475 e. The highest BCUT2D eigenvalue weighted by Gasteiger charge is 2.32. The number of rotatable bonds is 6. The molecule has 11 nitrogen and oxygen atoms in total. The molecule has 2 aliphatic rings. The number of aromatic nitrogens is 4. The molecular weight excluding hydrogens is 651 g/mol. The van der Waals surface area contributed by atoms with Gasteiger partial charge in [-0.2, -0.15) is 4.98 Å². The number of nitrogens with zero attached hydrogens (tertiary/aromatic N) is 6. The molecule has 0 spiro atoms. The number of carbonyl (C=O) groups excluding carboxylic acids is 1. The highest BCUT2D eigenvalue weighted by atomic mass is 32.2. The summed E-state index contributed by atoms with van der Waals surface area (Å²) in [6.45, 7) is 15.1. The highest BCUT2D eigenvalue weighted by Crippen LogP contribution is 2.32. The SMILES string of the molecule is Cc1cccc(C)c1-c1cc2nc(n1)NS(=O)(=O)c1cccc(c1)C(=O)N(Cc1cncc(N3[C@H](C)CC[C@@H]3C)n1)[C@H](CCC(C)(C)C)CO2. The normalized spacial score (nSPS) is 20.7. The van der Waals surface area contributed by atoms with Gasteiger partial charge in [0.25, 0.3) is 15.9 Å². The van der Waals surface area contributed by atoms with Crippen LogP contribution >= 0.6 is 0 Å². The van der Waals surface area contributed by atoms with Gasteiger partial charge >= 0.3 is 0 Å². The minimum atomic E-state index is -4.18. The van der Waals surface area contributed by atoms with Crippen LogP contribution in [0, 0.1) is 19.3 Å². The third-order valence-corrected chi connectivity index (χ3v) is 11.0. The molecule has 4 bridgehead atoms. The topological polar surface area (TPSA) is 131 Å². The standard InChI is InChI=1S/C38H47N7O4S/c1-24-10-8-11-25(2)35(24)32-19-34-42-37(41-32)43-50(47,48)31-13-9-12-28(18-31)36(46)44(30(23-49-34)16-17-38(5,6)7)22-29-20-39-21-33(40-29)45-26(3)14-15-27(45)4/h8-13,18-21,26-27,30H,14-17,22-23H2,1-7H3,(H,41,42,43)/t26-,27+,30-/m1/s1. The molecular formula is C38H47N7O4S. The summed E-state index contributed by atoms with van der Waals surface area (Å²) in [5, 5.41) is 0. The third-order valence-electron chi connectivity index (χ3n) is 9.63. The minimum Gasteiger partial charge on any atom is -0.475 e. The molecule has 2 aromatic heterocycles. The fourth-order valence-electron chi connectivity index (χ4n) is 6.93. The molecule has 264 valence electrons. The van der Waals surface area contributed by atoms with Crippen LogP contribution < -0.4 is 14.4 Å². The Morgan fingerprint density at radius 3 is 2.34 bits per heavy atom. The van der Waals surface area contributed by atoms with E-state index in [1.54, 1.807) is 35.5 Å². The van der Waals surface area contributed by atoms with Crippen molar-refractivity contribution in [3.63, 3.8) is 0 Å². The van der Waals surface area contributed by atoms with Crippen LogP contribution in [0.15, 0.2) is 65.8 Å². The van der Waals surface area contributed by atoms with E-state index in [1.165, 1.54) is 12.1 Å². The van der Waals surface area contributed by atoms with Crippen LogP contribution in [0.2, 0.25) is 0 Å². The van der Waals surface area contributed by atoms with Crippen molar-refractivity contribution in [3.05, 3.63) is 83.3 Å². The molecule has 2 aliphatic heterocycles. The zero-order valence-electron chi connectivity index (χ0n) is 30.0. The van der Waals surface area contributed by atoms with Crippen LogP contribution in [0.1, 0.15) is 87.5 Å². The Kier molecular flexibility index (Phi) is 9.85. The first-order valence-electron chi connectivity index (χ1n) is 17.3. The minimum absolute atomic E-state index is 0.0207. The van der Waals surface area contributed by atoms with Gasteiger partial charge in [0.15, 0.2) is 0 Å². The number of carbonyl (C=O) groups is 1. The van der Waals surface area contributed by atoms with Crippen molar-refractivity contribution in [2.24, 2.45) is 5.41 Å². The molecule has 6 rings (SSSR count). The van der Waals surface area contributed by atoms with Crippen molar-refractivity contribution in [1.29, 1.82) is 0 Å². The number of nitrogens with one attached hydrogen (secondary N) is 1. The van der Waals surface area contributed by atoms with Gasteiger partial charge in [-0.3, -0.25) is 9.78 Å². The van der Waals surface area contributed by atoms with E-state index < -0.39 is 16.1 Å². The number of hydrogen-bond donors (Lipinski definition) is 1. The van der Waals surface area contributed by atoms with Crippen molar-refractivity contribution in [3.8, 4) is 17.1 Å². The van der Waals surface area contributed by atoms with Crippen molar-refractivity contribution in [2.75, 3.05) is 16.2 Å². The molecule has 2 aromatic carbocycles. The Morgan fingerprint density at radius 2 is 1.64 bits per heavy atom. The van der Waals surface area contributed by atoms with E-state index in [4.69, 9.17) is 9.72 Å². The average molecular weight is 698 g/mol. The second-order valence-electron chi connectivity index (χ2n) is 14.9. The summed E-state index contributed by atoms with van der Waals surface area (Å²) in [6.07, 6.45) is 7.06. The summed E-state index contributed by atoms with van der Waals surface area (Å²) in [5.74, 6) is 0.547. The van der Waals surface area contributed by atoms with Gasteiger partial charge in [-0.25, -0.2) is 23.1 Å². The van der Waals surface area contributed by atoms with Gasteiger partial charge in [0, 0.05) is 29.3 Å². The first-order valence-corrected chi connectivity index (χ1v) is 18.8. The van der Waals surface area contributed by atoms with Gasteiger partial charge in [0.05, 0.1) is 41.3 Å². The first kappa shape index (κ1) is 35.3. The highest BCUT2D eigenvalue weighted by molar-refractivity contribution is 7.92. The Balaban J connectivity index is 1.46. The van der Waals surface area contributed by atoms with Crippen LogP contribution in [0.5, 0.6) is 5.88 Å². The number of anilines is 2. The molecule has 4 heterocycles. The molecule has 0 saturated carbocycles. The average Bonchev–Trinajstić information content (AvgIpc) is 3.40. The summed E-state index contributed by atoms with van der Waals surface area (Å²) < 4.78 is 36.5. The third kappa shape index (κ3) is 7.75. The van der Waals surface area contributed by atoms with Crippen molar-refractivity contribution in [2.45, 2.75) is 104 Å². The van der Waals surface area contributed by atoms with E-state index >= 15 is 0 Å². The van der Waals surface area contributed by atoms with Crippen LogP contribution in [-0.4, -0.2) is 63.9 Å². The fraction of sp³-hybridized carbons (Fsp3) is 0.447. The Bertz CT molecular complexity index is 1970. The molecule has 1 amide bonds. The number of amides is 1. The lowest BCUT2D eigenvalue weighted by Gasteiger charge is -2.34. The lowest BCUT2D eigenvalue weighted by atomic mass is 9.88. The number of aryl methyl sites for hydroxylation is 2. The molecule has 1 saturated heterocycles. The van der Waals surface area contributed by atoms with Gasteiger partial charge in [-0.05, 0) is 88.1 Å². The second kappa shape index (κ2) is 14.0. The van der Waals surface area contributed by atoms with E-state index in [2.05, 4.69) is 59.2 Å².